The third-order valence-electron chi connectivity index (χ3n) is 4.06. The van der Waals surface area contributed by atoms with Crippen molar-refractivity contribution in [1.82, 2.24) is 14.9 Å². The van der Waals surface area contributed by atoms with Crippen LogP contribution in [0.2, 0.25) is 0 Å². The van der Waals surface area contributed by atoms with Gasteiger partial charge in [-0.05, 0) is 45.7 Å². The summed E-state index contributed by atoms with van der Waals surface area (Å²) in [5.41, 5.74) is 2.61. The highest BCUT2D eigenvalue weighted by Gasteiger charge is 2.19. The van der Waals surface area contributed by atoms with Crippen LogP contribution in [0.4, 0.5) is 5.82 Å². The maximum atomic E-state index is 4.52. The highest BCUT2D eigenvalue weighted by molar-refractivity contribution is 5.47. The van der Waals surface area contributed by atoms with Gasteiger partial charge in [0.05, 0.1) is 0 Å². The molecule has 0 aromatic carbocycles. The molecule has 0 saturated heterocycles. The lowest BCUT2D eigenvalue weighted by atomic mass is 10.0. The molecular formula is C16H28N4. The lowest BCUT2D eigenvalue weighted by molar-refractivity contribution is 0.344. The van der Waals surface area contributed by atoms with Crippen molar-refractivity contribution in [2.45, 2.75) is 52.0 Å². The fourth-order valence-electron chi connectivity index (χ4n) is 2.81. The van der Waals surface area contributed by atoms with Gasteiger partial charge in [0, 0.05) is 23.8 Å². The van der Waals surface area contributed by atoms with Gasteiger partial charge < -0.3 is 10.2 Å². The molecule has 0 fully saturated rings. The zero-order valence-corrected chi connectivity index (χ0v) is 13.3. The number of nitrogens with zero attached hydrogens (tertiary/aromatic N) is 3. The minimum Gasteiger partial charge on any atom is -0.365 e. The molecule has 20 heavy (non-hydrogen) atoms. The summed E-state index contributed by atoms with van der Waals surface area (Å²) in [5, 5.41) is 3.67. The summed E-state index contributed by atoms with van der Waals surface area (Å²) in [6.07, 6.45) is 7.77. The quantitative estimate of drug-likeness (QED) is 0.840. The third-order valence-corrected chi connectivity index (χ3v) is 4.06. The minimum atomic E-state index is 0.423. The molecule has 1 heterocycles. The van der Waals surface area contributed by atoms with Crippen molar-refractivity contribution in [3.05, 3.63) is 17.6 Å². The van der Waals surface area contributed by atoms with Gasteiger partial charge in [0.25, 0.3) is 0 Å². The van der Waals surface area contributed by atoms with E-state index in [0.29, 0.717) is 12.0 Å². The van der Waals surface area contributed by atoms with E-state index in [0.717, 1.165) is 25.2 Å². The fourth-order valence-corrected chi connectivity index (χ4v) is 2.81. The summed E-state index contributed by atoms with van der Waals surface area (Å²) < 4.78 is 0. The van der Waals surface area contributed by atoms with Crippen LogP contribution in [0, 0.1) is 5.92 Å². The van der Waals surface area contributed by atoms with E-state index in [1.54, 1.807) is 6.33 Å². The molecule has 0 radical (unpaired) electrons. The molecule has 1 unspecified atom stereocenters. The highest BCUT2D eigenvalue weighted by Crippen LogP contribution is 2.25. The zero-order chi connectivity index (χ0) is 14.5. The van der Waals surface area contributed by atoms with Crippen molar-refractivity contribution in [1.29, 1.82) is 0 Å². The average Bonchev–Trinajstić information content (AvgIpc) is 2.63. The Bertz CT molecular complexity index is 428. The molecule has 0 aliphatic heterocycles. The molecule has 0 amide bonds. The lowest BCUT2D eigenvalue weighted by Gasteiger charge is -2.27. The van der Waals surface area contributed by atoms with Crippen LogP contribution in [0.3, 0.4) is 0 Å². The Labute approximate surface area is 123 Å². The molecular weight excluding hydrogens is 248 g/mol. The summed E-state index contributed by atoms with van der Waals surface area (Å²) >= 11 is 0. The molecule has 1 aliphatic carbocycles. The van der Waals surface area contributed by atoms with Gasteiger partial charge in [-0.1, -0.05) is 20.3 Å². The van der Waals surface area contributed by atoms with Crippen LogP contribution in [-0.4, -0.2) is 41.5 Å². The zero-order valence-electron chi connectivity index (χ0n) is 13.3. The van der Waals surface area contributed by atoms with Gasteiger partial charge in [-0.15, -0.1) is 0 Å². The second-order valence-electron chi connectivity index (χ2n) is 6.47. The van der Waals surface area contributed by atoms with E-state index in [1.165, 1.54) is 30.5 Å². The lowest BCUT2D eigenvalue weighted by Crippen LogP contribution is -2.37. The van der Waals surface area contributed by atoms with E-state index in [4.69, 9.17) is 0 Å². The predicted octanol–water partition coefficient (Wildman–Crippen LogP) is 2.74. The van der Waals surface area contributed by atoms with Gasteiger partial charge in [-0.25, -0.2) is 9.97 Å². The van der Waals surface area contributed by atoms with E-state index in [1.807, 2.05) is 0 Å². The third kappa shape index (κ3) is 3.92. The molecule has 2 rings (SSSR count). The standard InChI is InChI=1S/C16H28N4/c1-12(2)15(10-20(3)4)19-16-13-8-6-5-7-9-14(13)17-11-18-16/h11-12,15H,5-10H2,1-4H3,(H,17,18,19). The van der Waals surface area contributed by atoms with E-state index < -0.39 is 0 Å². The fraction of sp³-hybridized carbons (Fsp3) is 0.750. The first-order valence-corrected chi connectivity index (χ1v) is 7.82. The van der Waals surface area contributed by atoms with Crippen LogP contribution < -0.4 is 5.32 Å². The summed E-state index contributed by atoms with van der Waals surface area (Å²) in [5.74, 6) is 1.64. The SMILES string of the molecule is CC(C)C(CN(C)C)Nc1ncnc2c1CCCCC2. The second-order valence-corrected chi connectivity index (χ2v) is 6.47. The maximum Gasteiger partial charge on any atom is 0.133 e. The predicted molar refractivity (Wildman–Crippen MR) is 84.1 cm³/mol. The van der Waals surface area contributed by atoms with E-state index >= 15 is 0 Å². The Hall–Kier alpha value is -1.16. The number of aryl methyl sites for hydroxylation is 1. The number of nitrogens with one attached hydrogen (secondary N) is 1. The van der Waals surface area contributed by atoms with Gasteiger partial charge >= 0.3 is 0 Å². The molecule has 0 bridgehead atoms. The van der Waals surface area contributed by atoms with Crippen molar-refractivity contribution >= 4 is 5.82 Å². The second kappa shape index (κ2) is 7.02. The topological polar surface area (TPSA) is 41.0 Å². The van der Waals surface area contributed by atoms with Gasteiger partial charge in [0.1, 0.15) is 12.1 Å². The summed E-state index contributed by atoms with van der Waals surface area (Å²) in [6.45, 7) is 5.55. The number of likely N-dealkylation sites (N-methyl/N-ethyl adjacent to an activating group) is 1. The highest BCUT2D eigenvalue weighted by atomic mass is 15.1. The Balaban J connectivity index is 2.19. The molecule has 1 aliphatic rings. The van der Waals surface area contributed by atoms with Crippen molar-refractivity contribution in [2.75, 3.05) is 26.0 Å². The van der Waals surface area contributed by atoms with Crippen molar-refractivity contribution in [2.24, 2.45) is 5.92 Å². The number of anilines is 1. The van der Waals surface area contributed by atoms with Crippen LogP contribution in [0.15, 0.2) is 6.33 Å². The van der Waals surface area contributed by atoms with Crippen molar-refractivity contribution < 1.29 is 0 Å². The Morgan fingerprint density at radius 3 is 2.60 bits per heavy atom. The largest absolute Gasteiger partial charge is 0.365 e. The van der Waals surface area contributed by atoms with Crippen LogP contribution in [-0.2, 0) is 12.8 Å². The summed E-state index contributed by atoms with van der Waals surface area (Å²) in [6, 6.07) is 0.423. The summed E-state index contributed by atoms with van der Waals surface area (Å²) in [7, 11) is 4.25. The van der Waals surface area contributed by atoms with Crippen molar-refractivity contribution in [3.63, 3.8) is 0 Å². The Morgan fingerprint density at radius 2 is 1.90 bits per heavy atom. The van der Waals surface area contributed by atoms with Gasteiger partial charge in [-0.3, -0.25) is 0 Å². The number of rotatable bonds is 5. The molecule has 1 N–H and O–H groups in total. The molecule has 0 spiro atoms. The molecule has 1 atom stereocenters. The number of aromatic nitrogens is 2. The number of hydrogen-bond donors (Lipinski definition) is 1. The first-order chi connectivity index (χ1) is 9.58. The Kier molecular flexibility index (Phi) is 5.35. The maximum absolute atomic E-state index is 4.52. The Morgan fingerprint density at radius 1 is 1.15 bits per heavy atom. The molecule has 4 heteroatoms. The smallest absolute Gasteiger partial charge is 0.133 e. The van der Waals surface area contributed by atoms with Crippen LogP contribution in [0.1, 0.15) is 44.4 Å². The monoisotopic (exact) mass is 276 g/mol. The summed E-state index contributed by atoms with van der Waals surface area (Å²) in [4.78, 5) is 11.2. The minimum absolute atomic E-state index is 0.423. The number of hydrogen-bond acceptors (Lipinski definition) is 4. The van der Waals surface area contributed by atoms with Gasteiger partial charge in [-0.2, -0.15) is 0 Å². The van der Waals surface area contributed by atoms with Crippen molar-refractivity contribution in [3.8, 4) is 0 Å². The normalized spacial score (nSPS) is 16.9. The van der Waals surface area contributed by atoms with E-state index in [-0.39, 0.29) is 0 Å². The first kappa shape index (κ1) is 15.2. The van der Waals surface area contributed by atoms with E-state index in [2.05, 4.69) is 48.1 Å². The average molecular weight is 276 g/mol. The van der Waals surface area contributed by atoms with Crippen LogP contribution >= 0.6 is 0 Å². The van der Waals surface area contributed by atoms with Crippen LogP contribution in [0.5, 0.6) is 0 Å². The molecule has 1 aromatic heterocycles. The molecule has 4 nitrogen and oxygen atoms in total. The van der Waals surface area contributed by atoms with Gasteiger partial charge in [0.2, 0.25) is 0 Å². The first-order valence-electron chi connectivity index (χ1n) is 7.82. The van der Waals surface area contributed by atoms with Crippen LogP contribution in [0.25, 0.3) is 0 Å². The molecule has 112 valence electrons. The van der Waals surface area contributed by atoms with E-state index in [9.17, 15) is 0 Å². The van der Waals surface area contributed by atoms with Gasteiger partial charge in [0.15, 0.2) is 0 Å². The number of fused-ring (bicyclic) bond motifs is 1. The molecule has 0 saturated carbocycles. The molecule has 1 aromatic rings.